The first-order valence-corrected chi connectivity index (χ1v) is 6.64. The van der Waals surface area contributed by atoms with Crippen LogP contribution in [-0.4, -0.2) is 0 Å². The van der Waals surface area contributed by atoms with Gasteiger partial charge in [-0.25, -0.2) is 0 Å². The monoisotopic (exact) mass is 254 g/mol. The van der Waals surface area contributed by atoms with Gasteiger partial charge in [-0.1, -0.05) is 59.7 Å². The molecule has 0 bridgehead atoms. The van der Waals surface area contributed by atoms with Crippen molar-refractivity contribution in [3.63, 3.8) is 0 Å². The van der Waals surface area contributed by atoms with Crippen molar-refractivity contribution in [2.45, 2.75) is 19.3 Å². The van der Waals surface area contributed by atoms with Gasteiger partial charge in [0, 0.05) is 10.9 Å². The molecule has 1 aromatic rings. The summed E-state index contributed by atoms with van der Waals surface area (Å²) in [4.78, 5) is 0. The molecule has 1 aromatic carbocycles. The van der Waals surface area contributed by atoms with Crippen LogP contribution < -0.4 is 0 Å². The van der Waals surface area contributed by atoms with E-state index in [1.807, 2.05) is 12.1 Å². The molecule has 18 heavy (non-hydrogen) atoms. The molecular formula is C17H15Cl. The van der Waals surface area contributed by atoms with Gasteiger partial charge in [-0.15, -0.1) is 0 Å². The third kappa shape index (κ3) is 2.09. The number of hydrogen-bond donors (Lipinski definition) is 0. The van der Waals surface area contributed by atoms with Crippen LogP contribution in [0, 0.1) is 0 Å². The van der Waals surface area contributed by atoms with Crippen molar-refractivity contribution in [2.75, 3.05) is 0 Å². The summed E-state index contributed by atoms with van der Waals surface area (Å²) in [6.07, 6.45) is 12.2. The van der Waals surface area contributed by atoms with Crippen molar-refractivity contribution >= 4 is 11.6 Å². The summed E-state index contributed by atoms with van der Waals surface area (Å²) in [6.45, 7) is 2.16. The van der Waals surface area contributed by atoms with Gasteiger partial charge in [0.25, 0.3) is 0 Å². The summed E-state index contributed by atoms with van der Waals surface area (Å²) >= 11 is 5.97. The number of allylic oxidation sites excluding steroid dienone is 8. The maximum Gasteiger partial charge on any atom is 0.0406 e. The molecule has 0 fully saturated rings. The molecule has 2 aliphatic carbocycles. The molecule has 0 spiro atoms. The number of benzene rings is 1. The third-order valence-electron chi connectivity index (χ3n) is 3.53. The molecule has 0 aromatic heterocycles. The number of hydrogen-bond acceptors (Lipinski definition) is 0. The lowest BCUT2D eigenvalue weighted by Crippen LogP contribution is -2.01. The molecule has 0 radical (unpaired) electrons. The van der Waals surface area contributed by atoms with Crippen molar-refractivity contribution in [1.82, 2.24) is 0 Å². The minimum Gasteiger partial charge on any atom is -0.0843 e. The lowest BCUT2D eigenvalue weighted by molar-refractivity contribution is 0.828. The van der Waals surface area contributed by atoms with E-state index in [1.54, 1.807) is 0 Å². The first-order valence-electron chi connectivity index (χ1n) is 6.26. The number of rotatable bonds is 1. The molecular weight excluding hydrogens is 240 g/mol. The van der Waals surface area contributed by atoms with E-state index in [-0.39, 0.29) is 0 Å². The van der Waals surface area contributed by atoms with Crippen LogP contribution in [-0.2, 0) is 0 Å². The summed E-state index contributed by atoms with van der Waals surface area (Å²) in [5.74, 6) is 0.445. The Balaban J connectivity index is 2.02. The Kier molecular flexibility index (Phi) is 2.97. The standard InChI is InChI=1S/C17H15Cl/c1-12-10-14-4-2-3-5-16(17(14)11-12)13-6-8-15(18)9-7-13/h2-4,6-11,16H,5H2,1H3. The molecule has 0 amide bonds. The van der Waals surface area contributed by atoms with Crippen LogP contribution in [0.25, 0.3) is 0 Å². The van der Waals surface area contributed by atoms with Crippen LogP contribution in [0.1, 0.15) is 24.8 Å². The predicted molar refractivity (Wildman–Crippen MR) is 77.9 cm³/mol. The van der Waals surface area contributed by atoms with Crippen molar-refractivity contribution in [2.24, 2.45) is 0 Å². The SMILES string of the molecule is CC1=CC2=CC=CCC(c3ccc(Cl)cc3)C2=C1. The van der Waals surface area contributed by atoms with Gasteiger partial charge in [0.15, 0.2) is 0 Å². The maximum atomic E-state index is 5.97. The summed E-state index contributed by atoms with van der Waals surface area (Å²) < 4.78 is 0. The van der Waals surface area contributed by atoms with Gasteiger partial charge in [-0.3, -0.25) is 0 Å². The molecule has 0 aliphatic heterocycles. The van der Waals surface area contributed by atoms with Gasteiger partial charge >= 0.3 is 0 Å². The van der Waals surface area contributed by atoms with Gasteiger partial charge < -0.3 is 0 Å². The lowest BCUT2D eigenvalue weighted by Gasteiger charge is -2.17. The molecule has 90 valence electrons. The van der Waals surface area contributed by atoms with E-state index in [0.29, 0.717) is 5.92 Å². The van der Waals surface area contributed by atoms with Crippen LogP contribution in [0.2, 0.25) is 5.02 Å². The Labute approximate surface area is 113 Å². The van der Waals surface area contributed by atoms with Gasteiger partial charge in [0.2, 0.25) is 0 Å². The van der Waals surface area contributed by atoms with Crippen LogP contribution in [0.3, 0.4) is 0 Å². The Bertz CT molecular complexity index is 583. The molecule has 1 unspecified atom stereocenters. The molecule has 0 nitrogen and oxygen atoms in total. The highest BCUT2D eigenvalue weighted by molar-refractivity contribution is 6.30. The fourth-order valence-corrected chi connectivity index (χ4v) is 2.80. The fraction of sp³-hybridized carbons (Fsp3) is 0.176. The van der Waals surface area contributed by atoms with E-state index in [2.05, 4.69) is 49.4 Å². The van der Waals surface area contributed by atoms with Crippen molar-refractivity contribution in [1.29, 1.82) is 0 Å². The average Bonchev–Trinajstić information content (AvgIpc) is 2.61. The zero-order chi connectivity index (χ0) is 12.5. The molecule has 0 N–H and O–H groups in total. The smallest absolute Gasteiger partial charge is 0.0406 e. The number of halogens is 1. The largest absolute Gasteiger partial charge is 0.0843 e. The lowest BCUT2D eigenvalue weighted by atomic mass is 9.86. The highest BCUT2D eigenvalue weighted by atomic mass is 35.5. The highest BCUT2D eigenvalue weighted by Gasteiger charge is 2.22. The highest BCUT2D eigenvalue weighted by Crippen LogP contribution is 2.39. The molecule has 0 heterocycles. The normalized spacial score (nSPS) is 21.9. The summed E-state index contributed by atoms with van der Waals surface area (Å²) in [5.41, 5.74) is 5.46. The first kappa shape index (κ1) is 11.6. The van der Waals surface area contributed by atoms with Crippen LogP contribution in [0.5, 0.6) is 0 Å². The van der Waals surface area contributed by atoms with E-state index < -0.39 is 0 Å². The molecule has 1 atom stereocenters. The Morgan fingerprint density at radius 3 is 2.67 bits per heavy atom. The summed E-state index contributed by atoms with van der Waals surface area (Å²) in [6, 6.07) is 8.23. The topological polar surface area (TPSA) is 0 Å². The quantitative estimate of drug-likeness (QED) is 0.646. The maximum absolute atomic E-state index is 5.97. The minimum absolute atomic E-state index is 0.445. The predicted octanol–water partition coefficient (Wildman–Crippen LogP) is 5.20. The van der Waals surface area contributed by atoms with Crippen LogP contribution >= 0.6 is 11.6 Å². The van der Waals surface area contributed by atoms with E-state index in [1.165, 1.54) is 22.3 Å². The Morgan fingerprint density at radius 2 is 1.89 bits per heavy atom. The molecule has 3 rings (SSSR count). The molecule has 2 aliphatic rings. The first-order chi connectivity index (χ1) is 8.74. The Hall–Kier alpha value is -1.53. The third-order valence-corrected chi connectivity index (χ3v) is 3.78. The van der Waals surface area contributed by atoms with Crippen molar-refractivity contribution < 1.29 is 0 Å². The van der Waals surface area contributed by atoms with E-state index in [4.69, 9.17) is 11.6 Å². The zero-order valence-electron chi connectivity index (χ0n) is 10.4. The van der Waals surface area contributed by atoms with Crippen LogP contribution in [0.4, 0.5) is 0 Å². The van der Waals surface area contributed by atoms with E-state index in [9.17, 15) is 0 Å². The molecule has 1 heteroatoms. The minimum atomic E-state index is 0.445. The molecule has 0 saturated heterocycles. The fourth-order valence-electron chi connectivity index (χ4n) is 2.67. The van der Waals surface area contributed by atoms with E-state index >= 15 is 0 Å². The van der Waals surface area contributed by atoms with Crippen molar-refractivity contribution in [3.05, 3.63) is 82.0 Å². The molecule has 0 saturated carbocycles. The zero-order valence-corrected chi connectivity index (χ0v) is 11.1. The van der Waals surface area contributed by atoms with E-state index in [0.717, 1.165) is 11.4 Å². The number of fused-ring (bicyclic) bond motifs is 1. The van der Waals surface area contributed by atoms with Gasteiger partial charge in [-0.2, -0.15) is 0 Å². The summed E-state index contributed by atoms with van der Waals surface area (Å²) in [5, 5.41) is 0.799. The van der Waals surface area contributed by atoms with Gasteiger partial charge in [0.1, 0.15) is 0 Å². The average molecular weight is 255 g/mol. The van der Waals surface area contributed by atoms with Gasteiger partial charge in [-0.05, 0) is 42.2 Å². The second kappa shape index (κ2) is 4.62. The van der Waals surface area contributed by atoms with Crippen molar-refractivity contribution in [3.8, 4) is 0 Å². The Morgan fingerprint density at radius 1 is 1.11 bits per heavy atom. The van der Waals surface area contributed by atoms with Crippen LogP contribution in [0.15, 0.2) is 71.4 Å². The summed E-state index contributed by atoms with van der Waals surface area (Å²) in [7, 11) is 0. The van der Waals surface area contributed by atoms with Gasteiger partial charge in [0.05, 0.1) is 0 Å². The second-order valence-electron chi connectivity index (χ2n) is 4.88. The second-order valence-corrected chi connectivity index (χ2v) is 5.31.